The number of benzene rings is 2. The van der Waals surface area contributed by atoms with Crippen molar-refractivity contribution in [1.29, 1.82) is 0 Å². The van der Waals surface area contributed by atoms with Crippen molar-refractivity contribution in [2.24, 2.45) is 0 Å². The van der Waals surface area contributed by atoms with Gasteiger partial charge in [0, 0.05) is 39.1 Å². The summed E-state index contributed by atoms with van der Waals surface area (Å²) < 4.78 is 8.68. The Morgan fingerprint density at radius 1 is 1.20 bits per heavy atom. The van der Waals surface area contributed by atoms with Gasteiger partial charge in [-0.05, 0) is 12.1 Å². The van der Waals surface area contributed by atoms with E-state index in [1.807, 2.05) is 12.1 Å². The molecular weight excluding hydrogens is 332 g/mol. The number of anilines is 1. The second-order valence-electron chi connectivity index (χ2n) is 6.01. The van der Waals surface area contributed by atoms with Gasteiger partial charge in [-0.1, -0.05) is 41.7 Å². The Morgan fingerprint density at radius 2 is 1.96 bits per heavy atom. The van der Waals surface area contributed by atoms with E-state index in [0.717, 1.165) is 17.7 Å². The molecule has 5 heteroatoms. The molecule has 0 spiro atoms. The molecule has 0 N–H and O–H groups in total. The summed E-state index contributed by atoms with van der Waals surface area (Å²) in [5.74, 6) is 0.0259. The molecule has 1 heterocycles. The van der Waals surface area contributed by atoms with E-state index >= 15 is 0 Å². The maximum Gasteiger partial charge on any atom is 0.235 e. The summed E-state index contributed by atoms with van der Waals surface area (Å²) in [4.78, 5) is 13.8. The fraction of sp³-hybridized carbons (Fsp3) is 0.300. The third kappa shape index (κ3) is 3.89. The van der Waals surface area contributed by atoms with E-state index in [4.69, 9.17) is 4.74 Å². The Kier molecular flexibility index (Phi) is 5.46. The Hall–Kier alpha value is -2.24. The maximum atomic E-state index is 12.0. The molecule has 4 nitrogen and oxygen atoms in total. The molecule has 0 unspecified atom stereocenters. The van der Waals surface area contributed by atoms with Crippen molar-refractivity contribution in [3.8, 4) is 0 Å². The molecule has 0 aliphatic rings. The van der Waals surface area contributed by atoms with Crippen LogP contribution in [0.5, 0.6) is 0 Å². The summed E-state index contributed by atoms with van der Waals surface area (Å²) in [6, 6.07) is 16.7. The third-order valence-corrected chi connectivity index (χ3v) is 5.35. The van der Waals surface area contributed by atoms with Crippen LogP contribution in [0.1, 0.15) is 17.5 Å². The second kappa shape index (κ2) is 7.76. The lowest BCUT2D eigenvalue weighted by molar-refractivity contribution is -0.663. The van der Waals surface area contributed by atoms with Gasteiger partial charge in [0.15, 0.2) is 6.54 Å². The first-order chi connectivity index (χ1) is 12.1. The summed E-state index contributed by atoms with van der Waals surface area (Å²) in [6.07, 6.45) is 0. The van der Waals surface area contributed by atoms with Crippen molar-refractivity contribution < 1.29 is 14.1 Å². The molecule has 25 heavy (non-hydrogen) atoms. The highest BCUT2D eigenvalue weighted by molar-refractivity contribution is 7.18. The van der Waals surface area contributed by atoms with E-state index in [1.54, 1.807) is 30.3 Å². The Morgan fingerprint density at radius 3 is 2.64 bits per heavy atom. The van der Waals surface area contributed by atoms with Gasteiger partial charge >= 0.3 is 0 Å². The number of carbonyl (C=O) groups excluding carboxylic acids is 1. The molecular formula is C20H23N2O2S+. The van der Waals surface area contributed by atoms with Gasteiger partial charge < -0.3 is 9.64 Å². The van der Waals surface area contributed by atoms with Crippen molar-refractivity contribution in [2.75, 3.05) is 25.2 Å². The quantitative estimate of drug-likeness (QED) is 0.634. The van der Waals surface area contributed by atoms with Crippen LogP contribution in [-0.2, 0) is 16.1 Å². The predicted octanol–water partition coefficient (Wildman–Crippen LogP) is 3.54. The van der Waals surface area contributed by atoms with Crippen molar-refractivity contribution >= 4 is 33.1 Å². The van der Waals surface area contributed by atoms with Crippen LogP contribution in [0, 0.1) is 6.92 Å². The number of rotatable bonds is 6. The first kappa shape index (κ1) is 17.6. The highest BCUT2D eigenvalue weighted by Crippen LogP contribution is 2.26. The number of aromatic nitrogens is 1. The van der Waals surface area contributed by atoms with Gasteiger partial charge in [-0.3, -0.25) is 4.79 Å². The van der Waals surface area contributed by atoms with Gasteiger partial charge in [0.2, 0.25) is 16.4 Å². The summed E-state index contributed by atoms with van der Waals surface area (Å²) >= 11 is 1.78. The molecule has 0 saturated heterocycles. The Bertz CT molecular complexity index is 874. The zero-order valence-electron chi connectivity index (χ0n) is 14.9. The summed E-state index contributed by atoms with van der Waals surface area (Å²) in [7, 11) is 1.65. The highest BCUT2D eigenvalue weighted by atomic mass is 32.1. The average molecular weight is 355 g/mol. The molecule has 0 saturated carbocycles. The van der Waals surface area contributed by atoms with Crippen molar-refractivity contribution in [3.63, 3.8) is 0 Å². The van der Waals surface area contributed by atoms with Crippen LogP contribution in [0.2, 0.25) is 0 Å². The fourth-order valence-corrected chi connectivity index (χ4v) is 3.97. The molecule has 0 radical (unpaired) electrons. The standard InChI is InChI=1S/C20H23N2O2S/c1-15(23)21(11-12-24-3)18-9-10-20-19(13-18)22(16(2)25-20)14-17-7-5-4-6-8-17/h4-10,13H,11-12,14H2,1-3H3/q+1. The summed E-state index contributed by atoms with van der Waals surface area (Å²) in [5.41, 5.74) is 3.34. The molecule has 0 atom stereocenters. The van der Waals surface area contributed by atoms with Gasteiger partial charge in [0.25, 0.3) is 0 Å². The number of nitrogens with zero attached hydrogens (tertiary/aromatic N) is 2. The number of methoxy groups -OCH3 is 1. The zero-order chi connectivity index (χ0) is 17.8. The number of hydrogen-bond donors (Lipinski definition) is 0. The summed E-state index contributed by atoms with van der Waals surface area (Å²) in [6.45, 7) is 5.63. The van der Waals surface area contributed by atoms with Crippen LogP contribution in [0.15, 0.2) is 48.5 Å². The van der Waals surface area contributed by atoms with Crippen molar-refractivity contribution in [2.45, 2.75) is 20.4 Å². The van der Waals surface area contributed by atoms with Gasteiger partial charge in [0.1, 0.15) is 4.70 Å². The molecule has 0 aliphatic heterocycles. The lowest BCUT2D eigenvalue weighted by Crippen LogP contribution is -2.36. The van der Waals surface area contributed by atoms with Crippen LogP contribution < -0.4 is 9.47 Å². The molecule has 0 aliphatic carbocycles. The minimum Gasteiger partial charge on any atom is -0.383 e. The van der Waals surface area contributed by atoms with Crippen molar-refractivity contribution in [3.05, 3.63) is 59.1 Å². The van der Waals surface area contributed by atoms with E-state index in [1.165, 1.54) is 15.3 Å². The van der Waals surface area contributed by atoms with Gasteiger partial charge in [-0.2, -0.15) is 4.57 Å². The summed E-state index contributed by atoms with van der Waals surface area (Å²) in [5, 5.41) is 1.25. The lowest BCUT2D eigenvalue weighted by Gasteiger charge is -2.20. The topological polar surface area (TPSA) is 33.4 Å². The molecule has 0 fully saturated rings. The molecule has 2 aromatic carbocycles. The van der Waals surface area contributed by atoms with E-state index in [9.17, 15) is 4.79 Å². The minimum absolute atomic E-state index is 0.0259. The van der Waals surface area contributed by atoms with Crippen LogP contribution in [-0.4, -0.2) is 26.2 Å². The highest BCUT2D eigenvalue weighted by Gasteiger charge is 2.20. The van der Waals surface area contributed by atoms with Gasteiger partial charge in [-0.25, -0.2) is 0 Å². The van der Waals surface area contributed by atoms with Crippen LogP contribution in [0.25, 0.3) is 10.2 Å². The number of amides is 1. The third-order valence-electron chi connectivity index (χ3n) is 4.27. The molecule has 130 valence electrons. The van der Waals surface area contributed by atoms with E-state index in [2.05, 4.69) is 47.9 Å². The fourth-order valence-electron chi connectivity index (χ4n) is 2.97. The Balaban J connectivity index is 2.00. The molecule has 1 amide bonds. The zero-order valence-corrected chi connectivity index (χ0v) is 15.7. The van der Waals surface area contributed by atoms with Crippen LogP contribution in [0.3, 0.4) is 0 Å². The number of carbonyl (C=O) groups is 1. The average Bonchev–Trinajstić information content (AvgIpc) is 2.91. The SMILES string of the molecule is COCCN(C(C)=O)c1ccc2sc(C)[n+](Cc3ccccc3)c2c1. The van der Waals surface area contributed by atoms with Gasteiger partial charge in [-0.15, -0.1) is 0 Å². The number of thiazole rings is 1. The molecule has 0 bridgehead atoms. The monoisotopic (exact) mass is 355 g/mol. The van der Waals surface area contributed by atoms with Crippen molar-refractivity contribution in [1.82, 2.24) is 0 Å². The van der Waals surface area contributed by atoms with E-state index in [0.29, 0.717) is 13.2 Å². The number of aryl methyl sites for hydroxylation is 1. The van der Waals surface area contributed by atoms with E-state index < -0.39 is 0 Å². The lowest BCUT2D eigenvalue weighted by atomic mass is 10.2. The first-order valence-electron chi connectivity index (χ1n) is 8.34. The molecule has 3 rings (SSSR count). The molecule has 3 aromatic rings. The second-order valence-corrected chi connectivity index (χ2v) is 7.24. The Labute approximate surface area is 152 Å². The minimum atomic E-state index is 0.0259. The number of hydrogen-bond acceptors (Lipinski definition) is 3. The first-order valence-corrected chi connectivity index (χ1v) is 9.15. The number of fused-ring (bicyclic) bond motifs is 1. The normalized spacial score (nSPS) is 11.0. The predicted molar refractivity (Wildman–Crippen MR) is 102 cm³/mol. The van der Waals surface area contributed by atoms with Gasteiger partial charge in [0.05, 0.1) is 12.3 Å². The molecule has 1 aromatic heterocycles. The van der Waals surface area contributed by atoms with E-state index in [-0.39, 0.29) is 5.91 Å². The smallest absolute Gasteiger partial charge is 0.235 e. The maximum absolute atomic E-state index is 12.0. The van der Waals surface area contributed by atoms with Crippen LogP contribution >= 0.6 is 11.3 Å². The van der Waals surface area contributed by atoms with Crippen LogP contribution in [0.4, 0.5) is 5.69 Å². The number of ether oxygens (including phenoxy) is 1. The largest absolute Gasteiger partial charge is 0.383 e.